The number of ether oxygens (including phenoxy) is 1. The van der Waals surface area contributed by atoms with Crippen molar-refractivity contribution >= 4 is 11.9 Å². The zero-order valence-corrected chi connectivity index (χ0v) is 46.6. The molecule has 0 saturated heterocycles. The fourth-order valence-electron chi connectivity index (χ4n) is 9.69. The normalized spacial score (nSPS) is 12.7. The summed E-state index contributed by atoms with van der Waals surface area (Å²) >= 11 is 0. The first-order valence-electron chi connectivity index (χ1n) is 31.1. The van der Waals surface area contributed by atoms with Crippen LogP contribution in [0.5, 0.6) is 0 Å². The minimum absolute atomic E-state index is 0.0171. The summed E-state index contributed by atoms with van der Waals surface area (Å²) in [5.74, 6) is -0.0511. The Morgan fingerprint density at radius 2 is 0.681 bits per heavy atom. The first-order valence-corrected chi connectivity index (χ1v) is 31.1. The number of nitrogens with one attached hydrogen (secondary N) is 1. The average molecular weight is 973 g/mol. The predicted molar refractivity (Wildman–Crippen MR) is 301 cm³/mol. The monoisotopic (exact) mass is 972 g/mol. The lowest BCUT2D eigenvalue weighted by Gasteiger charge is -2.20. The molecule has 0 bridgehead atoms. The number of amides is 1. The number of aliphatic hydroxyl groups is 2. The molecule has 6 heteroatoms. The number of unbranched alkanes of at least 4 members (excludes halogenated alkanes) is 45. The highest BCUT2D eigenvalue weighted by Crippen LogP contribution is 2.17. The number of hydrogen-bond donors (Lipinski definition) is 3. The predicted octanol–water partition coefficient (Wildman–Crippen LogP) is 19.4. The Hall–Kier alpha value is -1.66. The van der Waals surface area contributed by atoms with Crippen molar-refractivity contribution in [2.24, 2.45) is 0 Å². The van der Waals surface area contributed by atoms with E-state index in [9.17, 15) is 19.8 Å². The van der Waals surface area contributed by atoms with Crippen LogP contribution >= 0.6 is 0 Å². The van der Waals surface area contributed by atoms with Crippen LogP contribution < -0.4 is 5.32 Å². The van der Waals surface area contributed by atoms with Crippen molar-refractivity contribution < 1.29 is 24.5 Å². The second kappa shape index (κ2) is 58.9. The van der Waals surface area contributed by atoms with E-state index in [2.05, 4.69) is 31.3 Å². The number of aliphatic hydroxyl groups excluding tert-OH is 2. The molecule has 0 fully saturated rings. The van der Waals surface area contributed by atoms with Crippen molar-refractivity contribution in [1.29, 1.82) is 0 Å². The topological polar surface area (TPSA) is 95.9 Å². The minimum Gasteiger partial charge on any atom is -0.466 e. The molecule has 2 unspecified atom stereocenters. The Bertz CT molecular complexity index is 1080. The van der Waals surface area contributed by atoms with E-state index in [4.69, 9.17) is 4.74 Å². The van der Waals surface area contributed by atoms with E-state index >= 15 is 0 Å². The van der Waals surface area contributed by atoms with Gasteiger partial charge in [-0.05, 0) is 57.8 Å². The maximum absolute atomic E-state index is 12.4. The molecule has 0 aromatic rings. The molecule has 6 nitrogen and oxygen atoms in total. The highest BCUT2D eigenvalue weighted by Gasteiger charge is 2.18. The van der Waals surface area contributed by atoms with E-state index in [-0.39, 0.29) is 18.5 Å². The van der Waals surface area contributed by atoms with E-state index < -0.39 is 12.1 Å². The highest BCUT2D eigenvalue weighted by molar-refractivity contribution is 5.76. The van der Waals surface area contributed by atoms with Crippen molar-refractivity contribution in [1.82, 2.24) is 5.32 Å². The third-order valence-electron chi connectivity index (χ3n) is 14.5. The van der Waals surface area contributed by atoms with Gasteiger partial charge in [-0.2, -0.15) is 0 Å². The van der Waals surface area contributed by atoms with Crippen molar-refractivity contribution in [2.75, 3.05) is 13.2 Å². The zero-order valence-electron chi connectivity index (χ0n) is 46.6. The molecule has 0 saturated carbocycles. The maximum Gasteiger partial charge on any atom is 0.305 e. The Labute approximate surface area is 431 Å². The van der Waals surface area contributed by atoms with Crippen LogP contribution in [-0.2, 0) is 14.3 Å². The molecule has 0 rings (SSSR count). The summed E-state index contributed by atoms with van der Waals surface area (Å²) in [6.07, 6.45) is 72.3. The van der Waals surface area contributed by atoms with E-state index in [1.54, 1.807) is 6.08 Å². The summed E-state index contributed by atoms with van der Waals surface area (Å²) in [5.41, 5.74) is 0. The Kier molecular flexibility index (Phi) is 57.5. The number of carbonyl (C=O) groups excluding carboxylic acids is 2. The van der Waals surface area contributed by atoms with Crippen LogP contribution in [0.25, 0.3) is 0 Å². The minimum atomic E-state index is -0.842. The van der Waals surface area contributed by atoms with Gasteiger partial charge in [0, 0.05) is 12.8 Å². The lowest BCUT2D eigenvalue weighted by atomic mass is 10.0. The lowest BCUT2D eigenvalue weighted by Crippen LogP contribution is -2.45. The van der Waals surface area contributed by atoms with Gasteiger partial charge in [0.05, 0.1) is 25.4 Å². The van der Waals surface area contributed by atoms with Crippen LogP contribution in [0.15, 0.2) is 24.3 Å². The van der Waals surface area contributed by atoms with Gasteiger partial charge in [-0.3, -0.25) is 9.59 Å². The molecule has 1 amide bonds. The van der Waals surface area contributed by atoms with Crippen LogP contribution in [0.3, 0.4) is 0 Å². The van der Waals surface area contributed by atoms with Gasteiger partial charge in [-0.1, -0.05) is 295 Å². The van der Waals surface area contributed by atoms with Crippen molar-refractivity contribution in [3.63, 3.8) is 0 Å². The molecular formula is C63H121NO5. The van der Waals surface area contributed by atoms with Gasteiger partial charge in [0.1, 0.15) is 0 Å². The number of hydrogen-bond acceptors (Lipinski definition) is 5. The van der Waals surface area contributed by atoms with Crippen LogP contribution in [-0.4, -0.2) is 47.4 Å². The molecule has 0 radical (unpaired) electrons. The van der Waals surface area contributed by atoms with Crippen molar-refractivity contribution in [3.8, 4) is 0 Å². The van der Waals surface area contributed by atoms with E-state index in [0.29, 0.717) is 19.4 Å². The van der Waals surface area contributed by atoms with E-state index in [1.807, 2.05) is 6.08 Å². The first-order chi connectivity index (χ1) is 34.0. The van der Waals surface area contributed by atoms with Gasteiger partial charge in [-0.15, -0.1) is 0 Å². The first kappa shape index (κ1) is 67.3. The molecule has 0 aliphatic rings. The molecule has 408 valence electrons. The summed E-state index contributed by atoms with van der Waals surface area (Å²) in [4.78, 5) is 24.5. The Balaban J connectivity index is 3.37. The van der Waals surface area contributed by atoms with E-state index in [0.717, 1.165) is 38.5 Å². The highest BCUT2D eigenvalue weighted by atomic mass is 16.5. The average Bonchev–Trinajstić information content (AvgIpc) is 3.35. The quantitative estimate of drug-likeness (QED) is 0.0321. The standard InChI is InChI=1S/C63H121NO5/c1-3-5-7-9-11-13-15-32-37-41-45-49-53-57-63(68)69-58-54-50-46-42-38-34-31-29-27-25-23-21-19-17-16-18-20-22-24-26-28-30-33-36-40-44-48-52-56-62(67)64-60(59-65)61(66)55-51-47-43-39-35-14-12-10-8-6-4-2/h16-17,51,55,60-61,65-66H,3-15,18-50,52-54,56-59H2,1-2H3,(H,64,67)/b17-16-,55-51+. The number of allylic oxidation sites excluding steroid dienone is 3. The molecule has 0 spiro atoms. The SMILES string of the molecule is CCCCCCCCCCC/C=C/C(O)C(CO)NC(=O)CCCCCCCCCCCCCC/C=C\CCCCCCCCCCCCCCOC(=O)CCCCCCCCCCCCCCC. The van der Waals surface area contributed by atoms with Crippen molar-refractivity contribution in [3.05, 3.63) is 24.3 Å². The molecule has 0 aromatic carbocycles. The Morgan fingerprint density at radius 1 is 0.391 bits per heavy atom. The molecule has 0 aliphatic carbocycles. The van der Waals surface area contributed by atoms with Crippen LogP contribution in [0, 0.1) is 0 Å². The molecule has 0 aromatic heterocycles. The zero-order chi connectivity index (χ0) is 50.0. The van der Waals surface area contributed by atoms with Crippen LogP contribution in [0.1, 0.15) is 341 Å². The van der Waals surface area contributed by atoms with Gasteiger partial charge in [0.2, 0.25) is 5.91 Å². The number of esters is 1. The Morgan fingerprint density at radius 3 is 1.03 bits per heavy atom. The molecule has 0 aliphatic heterocycles. The summed E-state index contributed by atoms with van der Waals surface area (Å²) in [6, 6.07) is -0.626. The third-order valence-corrected chi connectivity index (χ3v) is 14.5. The van der Waals surface area contributed by atoms with Gasteiger partial charge in [0.15, 0.2) is 0 Å². The lowest BCUT2D eigenvalue weighted by molar-refractivity contribution is -0.143. The van der Waals surface area contributed by atoms with Crippen LogP contribution in [0.2, 0.25) is 0 Å². The summed E-state index contributed by atoms with van der Waals surface area (Å²) < 4.78 is 5.48. The fourth-order valence-corrected chi connectivity index (χ4v) is 9.69. The smallest absolute Gasteiger partial charge is 0.305 e. The summed E-state index contributed by atoms with van der Waals surface area (Å²) in [7, 11) is 0. The fraction of sp³-hybridized carbons (Fsp3) is 0.905. The number of rotatable bonds is 58. The summed E-state index contributed by atoms with van der Waals surface area (Å²) in [5, 5.41) is 23.0. The molecule has 69 heavy (non-hydrogen) atoms. The molecule has 0 heterocycles. The molecule has 2 atom stereocenters. The van der Waals surface area contributed by atoms with Crippen LogP contribution in [0.4, 0.5) is 0 Å². The molecular weight excluding hydrogens is 851 g/mol. The van der Waals surface area contributed by atoms with Gasteiger partial charge in [0.25, 0.3) is 0 Å². The third kappa shape index (κ3) is 55.5. The van der Waals surface area contributed by atoms with E-state index in [1.165, 1.54) is 276 Å². The summed E-state index contributed by atoms with van der Waals surface area (Å²) in [6.45, 7) is 4.91. The van der Waals surface area contributed by atoms with Gasteiger partial charge in [-0.25, -0.2) is 0 Å². The van der Waals surface area contributed by atoms with Gasteiger partial charge >= 0.3 is 5.97 Å². The van der Waals surface area contributed by atoms with Crippen molar-refractivity contribution in [2.45, 2.75) is 353 Å². The maximum atomic E-state index is 12.4. The second-order valence-corrected chi connectivity index (χ2v) is 21.4. The van der Waals surface area contributed by atoms with Gasteiger partial charge < -0.3 is 20.3 Å². The number of carbonyl (C=O) groups is 2. The second-order valence-electron chi connectivity index (χ2n) is 21.4. The molecule has 3 N–H and O–H groups in total. The largest absolute Gasteiger partial charge is 0.466 e.